The Bertz CT molecular complexity index is 643. The average molecular weight is 300 g/mol. The molecule has 0 saturated carbocycles. The summed E-state index contributed by atoms with van der Waals surface area (Å²) in [7, 11) is 3.19. The Balaban J connectivity index is 2.02. The summed E-state index contributed by atoms with van der Waals surface area (Å²) in [5.41, 5.74) is 1.47. The molecule has 0 heterocycles. The lowest BCUT2D eigenvalue weighted by atomic mass is 10.2. The molecule has 5 heteroatoms. The standard InChI is InChI=1S/C17H20N2O3/c1-12(18-15-9-4-5-10-16(15)22-3)17(20)19-13-7-6-8-14(11-13)21-2/h4-12,18H,1-3H3,(H,19,20)/t12-/m0/s1. The number of anilines is 2. The summed E-state index contributed by atoms with van der Waals surface area (Å²) in [6.45, 7) is 1.79. The lowest BCUT2D eigenvalue weighted by Crippen LogP contribution is -2.32. The monoisotopic (exact) mass is 300 g/mol. The molecule has 0 aliphatic rings. The van der Waals surface area contributed by atoms with Gasteiger partial charge in [0.15, 0.2) is 0 Å². The van der Waals surface area contributed by atoms with E-state index in [2.05, 4.69) is 10.6 Å². The molecule has 0 aliphatic heterocycles. The second-order valence-electron chi connectivity index (χ2n) is 4.79. The third-order valence-corrected chi connectivity index (χ3v) is 3.21. The number of nitrogens with one attached hydrogen (secondary N) is 2. The minimum Gasteiger partial charge on any atom is -0.497 e. The van der Waals surface area contributed by atoms with Gasteiger partial charge >= 0.3 is 0 Å². The number of hydrogen-bond donors (Lipinski definition) is 2. The van der Waals surface area contributed by atoms with Crippen LogP contribution in [0.4, 0.5) is 11.4 Å². The molecule has 2 aromatic carbocycles. The molecule has 0 fully saturated rings. The molecule has 2 N–H and O–H groups in total. The van der Waals surface area contributed by atoms with Crippen LogP contribution in [-0.4, -0.2) is 26.2 Å². The van der Waals surface area contributed by atoms with Gasteiger partial charge in [-0.1, -0.05) is 18.2 Å². The second kappa shape index (κ2) is 7.36. The van der Waals surface area contributed by atoms with Crippen LogP contribution in [0, 0.1) is 0 Å². The van der Waals surface area contributed by atoms with Crippen molar-refractivity contribution < 1.29 is 14.3 Å². The maximum absolute atomic E-state index is 12.3. The molecule has 0 unspecified atom stereocenters. The summed E-state index contributed by atoms with van der Waals surface area (Å²) in [6, 6.07) is 14.3. The smallest absolute Gasteiger partial charge is 0.246 e. The van der Waals surface area contributed by atoms with E-state index in [0.29, 0.717) is 17.2 Å². The van der Waals surface area contributed by atoms with Crippen LogP contribution in [0.15, 0.2) is 48.5 Å². The van der Waals surface area contributed by atoms with Gasteiger partial charge in [0.2, 0.25) is 5.91 Å². The second-order valence-corrected chi connectivity index (χ2v) is 4.79. The highest BCUT2D eigenvalue weighted by Crippen LogP contribution is 2.24. The fourth-order valence-corrected chi connectivity index (χ4v) is 2.01. The number of methoxy groups -OCH3 is 2. The van der Waals surface area contributed by atoms with E-state index in [1.54, 1.807) is 27.2 Å². The van der Waals surface area contributed by atoms with Gasteiger partial charge in [0.05, 0.1) is 19.9 Å². The molecule has 5 nitrogen and oxygen atoms in total. The van der Waals surface area contributed by atoms with Gasteiger partial charge in [-0.25, -0.2) is 0 Å². The fourth-order valence-electron chi connectivity index (χ4n) is 2.01. The summed E-state index contributed by atoms with van der Waals surface area (Å²) in [5.74, 6) is 1.26. The molecule has 0 saturated heterocycles. The van der Waals surface area contributed by atoms with Gasteiger partial charge in [-0.15, -0.1) is 0 Å². The molecule has 22 heavy (non-hydrogen) atoms. The predicted octanol–water partition coefficient (Wildman–Crippen LogP) is 3.14. The van der Waals surface area contributed by atoms with E-state index in [1.165, 1.54) is 0 Å². The molecule has 0 aliphatic carbocycles. The Hall–Kier alpha value is -2.69. The molecule has 1 atom stereocenters. The van der Waals surface area contributed by atoms with Crippen molar-refractivity contribution in [3.63, 3.8) is 0 Å². The average Bonchev–Trinajstić information content (AvgIpc) is 2.55. The molecule has 2 rings (SSSR count). The first-order chi connectivity index (χ1) is 10.6. The van der Waals surface area contributed by atoms with Gasteiger partial charge in [-0.2, -0.15) is 0 Å². The van der Waals surface area contributed by atoms with Crippen LogP contribution >= 0.6 is 0 Å². The Kier molecular flexibility index (Phi) is 5.25. The first kappa shape index (κ1) is 15.7. The van der Waals surface area contributed by atoms with Gasteiger partial charge in [0, 0.05) is 11.8 Å². The van der Waals surface area contributed by atoms with Crippen LogP contribution in [0.1, 0.15) is 6.92 Å². The number of carbonyl (C=O) groups excluding carboxylic acids is 1. The maximum Gasteiger partial charge on any atom is 0.246 e. The SMILES string of the molecule is COc1cccc(NC(=O)[C@H](C)Nc2ccccc2OC)c1. The van der Waals surface area contributed by atoms with Crippen molar-refractivity contribution in [2.24, 2.45) is 0 Å². The fraction of sp³-hybridized carbons (Fsp3) is 0.235. The Morgan fingerprint density at radius 2 is 1.82 bits per heavy atom. The molecular weight excluding hydrogens is 280 g/mol. The Morgan fingerprint density at radius 1 is 1.05 bits per heavy atom. The van der Waals surface area contributed by atoms with E-state index >= 15 is 0 Å². The lowest BCUT2D eigenvalue weighted by molar-refractivity contribution is -0.116. The van der Waals surface area contributed by atoms with Gasteiger partial charge < -0.3 is 20.1 Å². The molecule has 2 aromatic rings. The van der Waals surface area contributed by atoms with E-state index in [-0.39, 0.29) is 5.91 Å². The van der Waals surface area contributed by atoms with E-state index in [9.17, 15) is 4.79 Å². The first-order valence-electron chi connectivity index (χ1n) is 6.98. The van der Waals surface area contributed by atoms with Crippen LogP contribution in [0.5, 0.6) is 11.5 Å². The third-order valence-electron chi connectivity index (χ3n) is 3.21. The first-order valence-corrected chi connectivity index (χ1v) is 6.98. The molecule has 0 aromatic heterocycles. The topological polar surface area (TPSA) is 59.6 Å². The zero-order valence-corrected chi connectivity index (χ0v) is 12.9. The zero-order valence-electron chi connectivity index (χ0n) is 12.9. The zero-order chi connectivity index (χ0) is 15.9. The molecule has 0 radical (unpaired) electrons. The van der Waals surface area contributed by atoms with Crippen molar-refractivity contribution in [2.75, 3.05) is 24.9 Å². The molecule has 1 amide bonds. The molecule has 0 spiro atoms. The van der Waals surface area contributed by atoms with Crippen molar-refractivity contribution in [1.82, 2.24) is 0 Å². The number of para-hydroxylation sites is 2. The van der Waals surface area contributed by atoms with Crippen molar-refractivity contribution in [3.8, 4) is 11.5 Å². The normalized spacial score (nSPS) is 11.4. The maximum atomic E-state index is 12.3. The number of carbonyl (C=O) groups is 1. The quantitative estimate of drug-likeness (QED) is 0.860. The summed E-state index contributed by atoms with van der Waals surface area (Å²) in [6.07, 6.45) is 0. The van der Waals surface area contributed by atoms with Crippen molar-refractivity contribution in [3.05, 3.63) is 48.5 Å². The van der Waals surface area contributed by atoms with Crippen molar-refractivity contribution in [2.45, 2.75) is 13.0 Å². The summed E-state index contributed by atoms with van der Waals surface area (Å²) >= 11 is 0. The van der Waals surface area contributed by atoms with E-state index in [0.717, 1.165) is 5.69 Å². The third kappa shape index (κ3) is 3.91. The van der Waals surface area contributed by atoms with Crippen LogP contribution < -0.4 is 20.1 Å². The number of ether oxygens (including phenoxy) is 2. The Morgan fingerprint density at radius 3 is 2.55 bits per heavy atom. The number of amides is 1. The van der Waals surface area contributed by atoms with E-state index in [4.69, 9.17) is 9.47 Å². The van der Waals surface area contributed by atoms with Crippen molar-refractivity contribution in [1.29, 1.82) is 0 Å². The van der Waals surface area contributed by atoms with Gasteiger partial charge in [0.25, 0.3) is 0 Å². The van der Waals surface area contributed by atoms with Crippen LogP contribution in [0.25, 0.3) is 0 Å². The molecule has 0 bridgehead atoms. The minimum absolute atomic E-state index is 0.140. The van der Waals surface area contributed by atoms with Crippen LogP contribution in [-0.2, 0) is 4.79 Å². The number of hydrogen-bond acceptors (Lipinski definition) is 4. The number of benzene rings is 2. The highest BCUT2D eigenvalue weighted by atomic mass is 16.5. The summed E-state index contributed by atoms with van der Waals surface area (Å²) < 4.78 is 10.4. The van der Waals surface area contributed by atoms with Crippen LogP contribution in [0.3, 0.4) is 0 Å². The molecule has 116 valence electrons. The largest absolute Gasteiger partial charge is 0.497 e. The van der Waals surface area contributed by atoms with E-state index < -0.39 is 6.04 Å². The predicted molar refractivity (Wildman–Crippen MR) is 87.7 cm³/mol. The van der Waals surface area contributed by atoms with E-state index in [1.807, 2.05) is 42.5 Å². The summed E-state index contributed by atoms with van der Waals surface area (Å²) in [4.78, 5) is 12.3. The minimum atomic E-state index is -0.414. The Labute approximate surface area is 130 Å². The lowest BCUT2D eigenvalue weighted by Gasteiger charge is -2.17. The highest BCUT2D eigenvalue weighted by molar-refractivity contribution is 5.96. The summed E-state index contributed by atoms with van der Waals surface area (Å²) in [5, 5.41) is 5.99. The van der Waals surface area contributed by atoms with Gasteiger partial charge in [-0.3, -0.25) is 4.79 Å². The van der Waals surface area contributed by atoms with Gasteiger partial charge in [-0.05, 0) is 31.2 Å². The molecular formula is C17H20N2O3. The highest BCUT2D eigenvalue weighted by Gasteiger charge is 2.14. The van der Waals surface area contributed by atoms with Crippen molar-refractivity contribution >= 4 is 17.3 Å². The van der Waals surface area contributed by atoms with Gasteiger partial charge in [0.1, 0.15) is 17.5 Å². The van der Waals surface area contributed by atoms with Crippen LogP contribution in [0.2, 0.25) is 0 Å². The number of rotatable bonds is 6.